The molecule has 1 aliphatic heterocycles. The van der Waals surface area contributed by atoms with Gasteiger partial charge in [0.25, 0.3) is 5.56 Å². The molecule has 21 heavy (non-hydrogen) atoms. The van der Waals surface area contributed by atoms with Crippen LogP contribution in [0.15, 0.2) is 23.0 Å². The molecule has 1 fully saturated rings. The highest BCUT2D eigenvalue weighted by atomic mass is 35.5. The number of hydrogen-bond acceptors (Lipinski definition) is 3. The number of likely N-dealkylation sites (tertiary alicyclic amines) is 1. The number of hydrogen-bond donors (Lipinski definition) is 1. The van der Waals surface area contributed by atoms with Gasteiger partial charge in [-0.2, -0.15) is 0 Å². The van der Waals surface area contributed by atoms with Gasteiger partial charge in [0.05, 0.1) is 17.4 Å². The second kappa shape index (κ2) is 6.58. The monoisotopic (exact) mass is 305 g/mol. The van der Waals surface area contributed by atoms with Gasteiger partial charge in [-0.15, -0.1) is 0 Å². The summed E-state index contributed by atoms with van der Waals surface area (Å²) < 4.78 is 0. The first-order chi connectivity index (χ1) is 10.2. The number of aromatic amines is 1. The van der Waals surface area contributed by atoms with Crippen LogP contribution in [0.3, 0.4) is 0 Å². The van der Waals surface area contributed by atoms with Gasteiger partial charge in [0, 0.05) is 5.02 Å². The lowest BCUT2D eigenvalue weighted by Gasteiger charge is -2.23. The molecule has 0 bridgehead atoms. The first kappa shape index (κ1) is 14.5. The third-order valence-electron chi connectivity index (χ3n) is 4.04. The van der Waals surface area contributed by atoms with E-state index in [1.807, 2.05) is 0 Å². The fraction of sp³-hybridized carbons (Fsp3) is 0.500. The minimum atomic E-state index is -0.0845. The van der Waals surface area contributed by atoms with Crippen LogP contribution in [0.2, 0.25) is 5.02 Å². The van der Waals surface area contributed by atoms with E-state index in [0.717, 1.165) is 18.9 Å². The molecule has 0 saturated carbocycles. The van der Waals surface area contributed by atoms with Gasteiger partial charge >= 0.3 is 0 Å². The van der Waals surface area contributed by atoms with Gasteiger partial charge < -0.3 is 4.98 Å². The molecule has 0 spiro atoms. The van der Waals surface area contributed by atoms with Crippen LogP contribution >= 0.6 is 11.6 Å². The molecule has 5 heteroatoms. The standard InChI is InChI=1S/C16H20ClN3O/c17-12-6-7-13-14(10-12)18-15(19-16(13)21)11-20-8-4-2-1-3-5-9-20/h6-7,10H,1-5,8-9,11H2,(H,18,19,21). The third kappa shape index (κ3) is 3.63. The van der Waals surface area contributed by atoms with E-state index in [1.54, 1.807) is 18.2 Å². The van der Waals surface area contributed by atoms with Crippen LogP contribution < -0.4 is 5.56 Å². The van der Waals surface area contributed by atoms with Crippen molar-refractivity contribution in [2.24, 2.45) is 0 Å². The van der Waals surface area contributed by atoms with Crippen molar-refractivity contribution in [1.82, 2.24) is 14.9 Å². The summed E-state index contributed by atoms with van der Waals surface area (Å²) in [6.45, 7) is 2.87. The number of fused-ring (bicyclic) bond motifs is 1. The van der Waals surface area contributed by atoms with Gasteiger partial charge in [0.15, 0.2) is 0 Å². The Morgan fingerprint density at radius 2 is 1.86 bits per heavy atom. The number of rotatable bonds is 2. The minimum absolute atomic E-state index is 0.0845. The van der Waals surface area contributed by atoms with E-state index < -0.39 is 0 Å². The van der Waals surface area contributed by atoms with Crippen molar-refractivity contribution in [2.75, 3.05) is 13.1 Å². The Bertz CT molecular complexity index is 675. The predicted molar refractivity (Wildman–Crippen MR) is 85.7 cm³/mol. The van der Waals surface area contributed by atoms with E-state index >= 15 is 0 Å². The lowest BCUT2D eigenvalue weighted by molar-refractivity contribution is 0.234. The number of H-pyrrole nitrogens is 1. The lowest BCUT2D eigenvalue weighted by Crippen LogP contribution is -2.29. The Morgan fingerprint density at radius 1 is 1.14 bits per heavy atom. The average Bonchev–Trinajstić information content (AvgIpc) is 2.41. The van der Waals surface area contributed by atoms with Crippen LogP contribution in [-0.4, -0.2) is 28.0 Å². The van der Waals surface area contributed by atoms with Crippen molar-refractivity contribution in [3.63, 3.8) is 0 Å². The first-order valence-corrected chi connectivity index (χ1v) is 8.01. The van der Waals surface area contributed by atoms with Crippen LogP contribution in [0.4, 0.5) is 0 Å². The van der Waals surface area contributed by atoms with Crippen molar-refractivity contribution in [1.29, 1.82) is 0 Å². The zero-order valence-electron chi connectivity index (χ0n) is 12.1. The summed E-state index contributed by atoms with van der Waals surface area (Å²) in [5.74, 6) is 0.732. The number of aromatic nitrogens is 2. The Morgan fingerprint density at radius 3 is 2.62 bits per heavy atom. The summed E-state index contributed by atoms with van der Waals surface area (Å²) in [7, 11) is 0. The maximum Gasteiger partial charge on any atom is 0.258 e. The topological polar surface area (TPSA) is 49.0 Å². The average molecular weight is 306 g/mol. The van der Waals surface area contributed by atoms with Gasteiger partial charge in [-0.3, -0.25) is 9.69 Å². The van der Waals surface area contributed by atoms with E-state index in [-0.39, 0.29) is 5.56 Å². The summed E-state index contributed by atoms with van der Waals surface area (Å²) >= 11 is 5.99. The Kier molecular flexibility index (Phi) is 4.56. The molecular weight excluding hydrogens is 286 g/mol. The van der Waals surface area contributed by atoms with Crippen LogP contribution in [0.1, 0.15) is 37.9 Å². The van der Waals surface area contributed by atoms with E-state index in [9.17, 15) is 4.79 Å². The van der Waals surface area contributed by atoms with Crippen LogP contribution in [0.5, 0.6) is 0 Å². The van der Waals surface area contributed by atoms with E-state index in [0.29, 0.717) is 22.5 Å². The Balaban J connectivity index is 1.84. The van der Waals surface area contributed by atoms with Crippen molar-refractivity contribution >= 4 is 22.5 Å². The smallest absolute Gasteiger partial charge is 0.258 e. The molecule has 112 valence electrons. The van der Waals surface area contributed by atoms with Crippen molar-refractivity contribution < 1.29 is 0 Å². The molecule has 0 radical (unpaired) electrons. The maximum absolute atomic E-state index is 12.1. The van der Waals surface area contributed by atoms with Gasteiger partial charge in [-0.25, -0.2) is 4.98 Å². The molecule has 1 aliphatic rings. The maximum atomic E-state index is 12.1. The summed E-state index contributed by atoms with van der Waals surface area (Å²) in [6, 6.07) is 5.20. The zero-order chi connectivity index (χ0) is 14.7. The van der Waals surface area contributed by atoms with E-state index in [1.165, 1.54) is 32.1 Å². The molecule has 0 aliphatic carbocycles. The second-order valence-electron chi connectivity index (χ2n) is 5.72. The zero-order valence-corrected chi connectivity index (χ0v) is 12.8. The predicted octanol–water partition coefficient (Wildman–Crippen LogP) is 3.34. The first-order valence-electron chi connectivity index (χ1n) is 7.63. The van der Waals surface area contributed by atoms with Crippen LogP contribution in [0.25, 0.3) is 10.9 Å². The fourth-order valence-electron chi connectivity index (χ4n) is 2.92. The third-order valence-corrected chi connectivity index (χ3v) is 4.27. The van der Waals surface area contributed by atoms with E-state index in [2.05, 4.69) is 14.9 Å². The summed E-state index contributed by atoms with van der Waals surface area (Å²) in [4.78, 5) is 22.0. The molecule has 1 N–H and O–H groups in total. The normalized spacial score (nSPS) is 17.6. The number of nitrogens with zero attached hydrogens (tertiary/aromatic N) is 2. The van der Waals surface area contributed by atoms with Crippen LogP contribution in [0, 0.1) is 0 Å². The quantitative estimate of drug-likeness (QED) is 0.925. The summed E-state index contributed by atoms with van der Waals surface area (Å²) in [5.41, 5.74) is 0.590. The summed E-state index contributed by atoms with van der Waals surface area (Å²) in [5, 5.41) is 1.20. The number of nitrogens with one attached hydrogen (secondary N) is 1. The lowest BCUT2D eigenvalue weighted by atomic mass is 10.1. The highest BCUT2D eigenvalue weighted by Crippen LogP contribution is 2.16. The van der Waals surface area contributed by atoms with Gasteiger partial charge in [0.2, 0.25) is 0 Å². The fourth-order valence-corrected chi connectivity index (χ4v) is 3.09. The highest BCUT2D eigenvalue weighted by molar-refractivity contribution is 6.31. The Hall–Kier alpha value is -1.39. The van der Waals surface area contributed by atoms with Crippen molar-refractivity contribution in [3.8, 4) is 0 Å². The molecule has 0 amide bonds. The minimum Gasteiger partial charge on any atom is -0.309 e. The van der Waals surface area contributed by atoms with Crippen molar-refractivity contribution in [2.45, 2.75) is 38.6 Å². The molecule has 2 heterocycles. The van der Waals surface area contributed by atoms with Gasteiger partial charge in [-0.05, 0) is 44.1 Å². The largest absolute Gasteiger partial charge is 0.309 e. The molecule has 3 rings (SSSR count). The van der Waals surface area contributed by atoms with E-state index in [4.69, 9.17) is 11.6 Å². The molecule has 1 saturated heterocycles. The van der Waals surface area contributed by atoms with Crippen LogP contribution in [-0.2, 0) is 6.54 Å². The molecule has 0 unspecified atom stereocenters. The van der Waals surface area contributed by atoms with Crippen molar-refractivity contribution in [3.05, 3.63) is 39.4 Å². The Labute approximate surface area is 129 Å². The number of benzene rings is 1. The molecule has 4 nitrogen and oxygen atoms in total. The molecule has 1 aromatic carbocycles. The molecule has 2 aromatic rings. The molecule has 1 aromatic heterocycles. The molecular formula is C16H20ClN3O. The van der Waals surface area contributed by atoms with Gasteiger partial charge in [0.1, 0.15) is 5.82 Å². The number of halogens is 1. The second-order valence-corrected chi connectivity index (χ2v) is 6.15. The summed E-state index contributed by atoms with van der Waals surface area (Å²) in [6.07, 6.45) is 6.40. The highest BCUT2D eigenvalue weighted by Gasteiger charge is 2.11. The molecule has 0 atom stereocenters. The SMILES string of the molecule is O=c1[nH]c(CN2CCCCCCC2)nc2cc(Cl)ccc12. The van der Waals surface area contributed by atoms with Gasteiger partial charge in [-0.1, -0.05) is 30.9 Å².